The van der Waals surface area contributed by atoms with E-state index in [0.29, 0.717) is 17.8 Å². The zero-order valence-electron chi connectivity index (χ0n) is 15.2. The van der Waals surface area contributed by atoms with Gasteiger partial charge in [0, 0.05) is 24.9 Å². The van der Waals surface area contributed by atoms with Gasteiger partial charge in [-0.2, -0.15) is 0 Å². The van der Waals surface area contributed by atoms with Crippen molar-refractivity contribution in [3.05, 3.63) is 59.7 Å². The van der Waals surface area contributed by atoms with E-state index in [1.54, 1.807) is 24.3 Å². The molecular formula is C22H18N2O4. The molecule has 4 atom stereocenters. The van der Waals surface area contributed by atoms with Crippen molar-refractivity contribution in [1.29, 1.82) is 0 Å². The quantitative estimate of drug-likeness (QED) is 0.819. The zero-order chi connectivity index (χ0) is 19.6. The molecule has 0 aromatic heterocycles. The highest BCUT2D eigenvalue weighted by atomic mass is 16.2. The number of carbonyl (C=O) groups excluding carboxylic acids is 4. The lowest BCUT2D eigenvalue weighted by Gasteiger charge is -2.43. The maximum Gasteiger partial charge on any atom is 0.238 e. The van der Waals surface area contributed by atoms with Gasteiger partial charge in [-0.05, 0) is 35.4 Å². The number of nitrogens with zero attached hydrogens (tertiary/aromatic N) is 1. The van der Waals surface area contributed by atoms with E-state index in [4.69, 9.17) is 0 Å². The van der Waals surface area contributed by atoms with Crippen molar-refractivity contribution in [2.75, 3.05) is 10.2 Å². The van der Waals surface area contributed by atoms with Crippen LogP contribution in [0, 0.1) is 11.8 Å². The van der Waals surface area contributed by atoms with Crippen LogP contribution in [0.3, 0.4) is 0 Å². The molecule has 1 aliphatic heterocycles. The molecule has 28 heavy (non-hydrogen) atoms. The molecule has 1 saturated carbocycles. The van der Waals surface area contributed by atoms with Gasteiger partial charge in [0.2, 0.25) is 17.7 Å². The summed E-state index contributed by atoms with van der Waals surface area (Å²) in [5.74, 6) is -2.57. The number of amides is 3. The number of benzene rings is 2. The molecule has 2 aromatic rings. The molecule has 0 radical (unpaired) electrons. The highest BCUT2D eigenvalue weighted by Crippen LogP contribution is 2.57. The topological polar surface area (TPSA) is 83.6 Å². The lowest BCUT2D eigenvalue weighted by molar-refractivity contribution is -0.134. The van der Waals surface area contributed by atoms with Crippen LogP contribution in [0.5, 0.6) is 0 Å². The molecule has 0 unspecified atom stereocenters. The standard InChI is InChI=1S/C22H18N2O4/c1-11(25)23-12-6-8-13(9-7-12)24-21(27)19-16-10-17(26)18(20(19)22(24)28)15-5-3-2-4-14(15)16/h2-9,16,18-20H,10H2,1H3,(H,23,25)/t16-,18+,19-,20-/m1/s1. The normalized spacial score (nSPS) is 27.6. The summed E-state index contributed by atoms with van der Waals surface area (Å²) in [6.07, 6.45) is 0.317. The predicted molar refractivity (Wildman–Crippen MR) is 102 cm³/mol. The van der Waals surface area contributed by atoms with E-state index in [2.05, 4.69) is 5.32 Å². The Labute approximate surface area is 161 Å². The molecule has 4 aliphatic rings. The third-order valence-electron chi connectivity index (χ3n) is 6.13. The largest absolute Gasteiger partial charge is 0.326 e. The summed E-state index contributed by atoms with van der Waals surface area (Å²) in [6.45, 7) is 1.41. The van der Waals surface area contributed by atoms with E-state index in [0.717, 1.165) is 11.1 Å². The van der Waals surface area contributed by atoms with E-state index in [9.17, 15) is 19.2 Å². The van der Waals surface area contributed by atoms with E-state index in [1.165, 1.54) is 11.8 Å². The molecule has 3 aliphatic carbocycles. The van der Waals surface area contributed by atoms with Gasteiger partial charge < -0.3 is 5.32 Å². The molecule has 2 bridgehead atoms. The molecular weight excluding hydrogens is 356 g/mol. The van der Waals surface area contributed by atoms with Crippen molar-refractivity contribution in [3.8, 4) is 0 Å². The molecule has 6 heteroatoms. The molecule has 140 valence electrons. The number of carbonyl (C=O) groups is 4. The van der Waals surface area contributed by atoms with Crippen LogP contribution in [0.25, 0.3) is 0 Å². The SMILES string of the molecule is CC(=O)Nc1ccc(N2C(=O)[C@H]3[C@H](C2=O)[C@@H]2C(=O)C[C@@H]3c3ccccc32)cc1. The van der Waals surface area contributed by atoms with Gasteiger partial charge in [0.1, 0.15) is 5.78 Å². The zero-order valence-corrected chi connectivity index (χ0v) is 15.2. The van der Waals surface area contributed by atoms with Crippen LogP contribution < -0.4 is 10.2 Å². The lowest BCUT2D eigenvalue weighted by atomic mass is 9.56. The minimum Gasteiger partial charge on any atom is -0.326 e. The van der Waals surface area contributed by atoms with E-state index in [-0.39, 0.29) is 29.4 Å². The fourth-order valence-corrected chi connectivity index (χ4v) is 5.11. The van der Waals surface area contributed by atoms with Crippen LogP contribution in [-0.4, -0.2) is 23.5 Å². The Morgan fingerprint density at radius 3 is 2.25 bits per heavy atom. The summed E-state index contributed by atoms with van der Waals surface area (Å²) < 4.78 is 0. The van der Waals surface area contributed by atoms with Gasteiger partial charge in [-0.25, -0.2) is 0 Å². The average molecular weight is 374 g/mol. The Bertz CT molecular complexity index is 1040. The summed E-state index contributed by atoms with van der Waals surface area (Å²) in [5, 5.41) is 2.66. The van der Waals surface area contributed by atoms with Gasteiger partial charge in [-0.1, -0.05) is 24.3 Å². The number of hydrogen-bond donors (Lipinski definition) is 1. The third kappa shape index (κ3) is 2.21. The van der Waals surface area contributed by atoms with Crippen LogP contribution in [0.2, 0.25) is 0 Å². The first-order chi connectivity index (χ1) is 13.5. The summed E-state index contributed by atoms with van der Waals surface area (Å²) in [6, 6.07) is 14.3. The van der Waals surface area contributed by atoms with E-state index < -0.39 is 17.8 Å². The number of fused-ring (bicyclic) bond motifs is 1. The van der Waals surface area contributed by atoms with Crippen molar-refractivity contribution in [2.24, 2.45) is 11.8 Å². The van der Waals surface area contributed by atoms with Crippen LogP contribution in [0.1, 0.15) is 36.3 Å². The Morgan fingerprint density at radius 2 is 1.57 bits per heavy atom. The van der Waals surface area contributed by atoms with Crippen molar-refractivity contribution < 1.29 is 19.2 Å². The molecule has 1 N–H and O–H groups in total. The van der Waals surface area contributed by atoms with Crippen molar-refractivity contribution >= 4 is 34.9 Å². The van der Waals surface area contributed by atoms with Gasteiger partial charge in [0.25, 0.3) is 0 Å². The molecule has 2 aromatic carbocycles. The van der Waals surface area contributed by atoms with Crippen LogP contribution in [0.15, 0.2) is 48.5 Å². The minimum atomic E-state index is -0.622. The molecule has 1 heterocycles. The predicted octanol–water partition coefficient (Wildman–Crippen LogP) is 2.60. The number of rotatable bonds is 2. The number of anilines is 2. The number of ketones is 1. The van der Waals surface area contributed by atoms with E-state index >= 15 is 0 Å². The van der Waals surface area contributed by atoms with Crippen LogP contribution in [-0.2, 0) is 19.2 Å². The number of nitrogens with one attached hydrogen (secondary N) is 1. The Morgan fingerprint density at radius 1 is 0.929 bits per heavy atom. The first kappa shape index (κ1) is 16.9. The van der Waals surface area contributed by atoms with Gasteiger partial charge >= 0.3 is 0 Å². The van der Waals surface area contributed by atoms with Gasteiger partial charge in [0.15, 0.2) is 0 Å². The smallest absolute Gasteiger partial charge is 0.238 e. The first-order valence-electron chi connectivity index (χ1n) is 9.34. The van der Waals surface area contributed by atoms with Crippen molar-refractivity contribution in [2.45, 2.75) is 25.2 Å². The maximum absolute atomic E-state index is 13.2. The first-order valence-corrected chi connectivity index (χ1v) is 9.34. The lowest BCUT2D eigenvalue weighted by Crippen LogP contribution is -2.44. The monoisotopic (exact) mass is 374 g/mol. The fourth-order valence-electron chi connectivity index (χ4n) is 5.11. The molecule has 6 rings (SSSR count). The van der Waals surface area contributed by atoms with Crippen LogP contribution >= 0.6 is 0 Å². The summed E-state index contributed by atoms with van der Waals surface area (Å²) in [7, 11) is 0. The summed E-state index contributed by atoms with van der Waals surface area (Å²) >= 11 is 0. The molecule has 2 fully saturated rings. The molecule has 3 amide bonds. The highest BCUT2D eigenvalue weighted by Gasteiger charge is 2.62. The Balaban J connectivity index is 1.54. The molecule has 6 nitrogen and oxygen atoms in total. The molecule has 0 spiro atoms. The van der Waals surface area contributed by atoms with Crippen molar-refractivity contribution in [1.82, 2.24) is 0 Å². The Hall–Kier alpha value is -3.28. The fraction of sp³-hybridized carbons (Fsp3) is 0.273. The second-order valence-electron chi connectivity index (χ2n) is 7.68. The minimum absolute atomic E-state index is 0.0500. The second-order valence-corrected chi connectivity index (χ2v) is 7.68. The second kappa shape index (κ2) is 5.86. The average Bonchev–Trinajstić information content (AvgIpc) is 2.94. The number of hydrogen-bond acceptors (Lipinski definition) is 4. The van der Waals surface area contributed by atoms with E-state index in [1.807, 2.05) is 24.3 Å². The Kier molecular flexibility index (Phi) is 3.53. The van der Waals surface area contributed by atoms with Gasteiger partial charge in [-0.15, -0.1) is 0 Å². The summed E-state index contributed by atoms with van der Waals surface area (Å²) in [5.41, 5.74) is 2.98. The maximum atomic E-state index is 13.2. The third-order valence-corrected chi connectivity index (χ3v) is 6.13. The van der Waals surface area contributed by atoms with Gasteiger partial charge in [-0.3, -0.25) is 24.1 Å². The number of Topliss-reactive ketones (excluding diaryl/α,β-unsaturated/α-hetero) is 1. The van der Waals surface area contributed by atoms with Crippen LogP contribution in [0.4, 0.5) is 11.4 Å². The molecule has 1 saturated heterocycles. The number of imide groups is 1. The van der Waals surface area contributed by atoms with Crippen molar-refractivity contribution in [3.63, 3.8) is 0 Å². The van der Waals surface area contributed by atoms with Gasteiger partial charge in [0.05, 0.1) is 23.4 Å². The summed E-state index contributed by atoms with van der Waals surface area (Å²) in [4.78, 5) is 51.6. The highest BCUT2D eigenvalue weighted by molar-refractivity contribution is 6.24.